The summed E-state index contributed by atoms with van der Waals surface area (Å²) in [6, 6.07) is 3.69. The molecule has 11 heteroatoms. The van der Waals surface area contributed by atoms with Gasteiger partial charge < -0.3 is 9.73 Å². The predicted molar refractivity (Wildman–Crippen MR) is 104 cm³/mol. The number of anilines is 1. The summed E-state index contributed by atoms with van der Waals surface area (Å²) in [6.07, 6.45) is -4.53. The molecule has 0 saturated carbocycles. The van der Waals surface area contributed by atoms with Gasteiger partial charge in [0.15, 0.2) is 0 Å². The Bertz CT molecular complexity index is 1130. The Morgan fingerprint density at radius 1 is 1.16 bits per heavy atom. The number of carbonyl (C=O) groups excluding carboxylic acids is 1. The summed E-state index contributed by atoms with van der Waals surface area (Å²) in [4.78, 5) is 12.1. The number of aromatic nitrogens is 2. The largest absolute Gasteiger partial charge is 0.465 e. The van der Waals surface area contributed by atoms with E-state index < -0.39 is 35.4 Å². The number of rotatable bonds is 5. The summed E-state index contributed by atoms with van der Waals surface area (Å²) in [5.74, 6) is -0.0783. The molecule has 0 spiro atoms. The first-order valence-electron chi connectivity index (χ1n) is 9.23. The van der Waals surface area contributed by atoms with E-state index in [1.807, 2.05) is 0 Å². The molecule has 0 aliphatic rings. The van der Waals surface area contributed by atoms with Gasteiger partial charge in [-0.15, -0.1) is 0 Å². The van der Waals surface area contributed by atoms with Gasteiger partial charge in [-0.3, -0.25) is 9.48 Å². The van der Waals surface area contributed by atoms with E-state index in [1.165, 1.54) is 38.5 Å². The molecule has 32 heavy (non-hydrogen) atoms. The molecule has 1 N–H and O–H groups in total. The highest BCUT2D eigenvalue weighted by Crippen LogP contribution is 2.40. The van der Waals surface area contributed by atoms with Crippen LogP contribution in [-0.4, -0.2) is 15.7 Å². The van der Waals surface area contributed by atoms with Gasteiger partial charge >= 0.3 is 12.4 Å². The Hall–Kier alpha value is -3.50. The number of aryl methyl sites for hydroxylation is 1. The minimum atomic E-state index is -5.00. The van der Waals surface area contributed by atoms with Crippen LogP contribution in [0.5, 0.6) is 0 Å². The molecule has 3 rings (SSSR count). The zero-order valence-corrected chi connectivity index (χ0v) is 16.8. The van der Waals surface area contributed by atoms with Gasteiger partial charge in [-0.2, -0.15) is 31.4 Å². The number of halogens is 6. The predicted octanol–water partition coefficient (Wildman–Crippen LogP) is 6.08. The third-order valence-corrected chi connectivity index (χ3v) is 4.65. The molecular weight excluding hydrogens is 440 g/mol. The van der Waals surface area contributed by atoms with E-state index >= 15 is 0 Å². The number of carbonyl (C=O) groups is 1. The van der Waals surface area contributed by atoms with Crippen molar-refractivity contribution in [3.8, 4) is 0 Å². The molecule has 0 radical (unpaired) electrons. The fraction of sp³-hybridized carbons (Fsp3) is 0.238. The van der Waals surface area contributed by atoms with Gasteiger partial charge in [0.25, 0.3) is 0 Å². The first kappa shape index (κ1) is 23.2. The number of alkyl halides is 6. The van der Waals surface area contributed by atoms with Crippen LogP contribution in [0.2, 0.25) is 0 Å². The molecule has 0 aliphatic carbocycles. The highest BCUT2D eigenvalue weighted by atomic mass is 19.4. The van der Waals surface area contributed by atoms with Crippen molar-refractivity contribution in [3.63, 3.8) is 0 Å². The maximum absolute atomic E-state index is 13.5. The highest BCUT2D eigenvalue weighted by molar-refractivity contribution is 6.01. The lowest BCUT2D eigenvalue weighted by atomic mass is 9.98. The lowest BCUT2D eigenvalue weighted by Crippen LogP contribution is -2.17. The smallest absolute Gasteiger partial charge is 0.416 e. The number of hydrogen-bond acceptors (Lipinski definition) is 3. The van der Waals surface area contributed by atoms with Crippen molar-refractivity contribution in [3.05, 3.63) is 77.0 Å². The Morgan fingerprint density at radius 2 is 1.88 bits per heavy atom. The zero-order valence-electron chi connectivity index (χ0n) is 16.8. The monoisotopic (exact) mass is 457 g/mol. The third kappa shape index (κ3) is 5.21. The van der Waals surface area contributed by atoms with Crippen LogP contribution in [0.1, 0.15) is 41.1 Å². The standard InChI is InChI=1S/C21H17F6N3O2/c1-12-18(28-19(31)8-6-15-4-3-9-32-15)11-30(29-12)13(2)16-7-5-14(20(22,23)24)10-17(16)21(25,26)27/h3-11,13H,1-2H3,(H,28,31)/b8-6+. The molecule has 0 bridgehead atoms. The van der Waals surface area contributed by atoms with E-state index in [2.05, 4.69) is 10.4 Å². The van der Waals surface area contributed by atoms with E-state index in [1.54, 1.807) is 12.1 Å². The van der Waals surface area contributed by atoms with Crippen molar-refractivity contribution < 1.29 is 35.6 Å². The van der Waals surface area contributed by atoms with Crippen LogP contribution in [0.3, 0.4) is 0 Å². The van der Waals surface area contributed by atoms with Crippen LogP contribution in [0.25, 0.3) is 6.08 Å². The molecule has 0 saturated heterocycles. The van der Waals surface area contributed by atoms with Crippen molar-refractivity contribution in [2.45, 2.75) is 32.2 Å². The van der Waals surface area contributed by atoms with Crippen molar-refractivity contribution >= 4 is 17.7 Å². The third-order valence-electron chi connectivity index (χ3n) is 4.65. The number of benzene rings is 1. The summed E-state index contributed by atoms with van der Waals surface area (Å²) < 4.78 is 85.4. The van der Waals surface area contributed by atoms with Crippen molar-refractivity contribution in [2.75, 3.05) is 5.32 Å². The number of hydrogen-bond donors (Lipinski definition) is 1. The second kappa shape index (κ2) is 8.56. The molecule has 1 aromatic carbocycles. The number of amides is 1. The molecular formula is C21H17F6N3O2. The highest BCUT2D eigenvalue weighted by Gasteiger charge is 2.39. The molecule has 2 aromatic heterocycles. The van der Waals surface area contributed by atoms with Gasteiger partial charge in [-0.25, -0.2) is 0 Å². The van der Waals surface area contributed by atoms with E-state index in [0.29, 0.717) is 17.5 Å². The molecule has 1 atom stereocenters. The van der Waals surface area contributed by atoms with Crippen LogP contribution in [-0.2, 0) is 17.1 Å². The Labute approximate surface area is 178 Å². The first-order chi connectivity index (χ1) is 14.9. The molecule has 0 aliphatic heterocycles. The topological polar surface area (TPSA) is 60.1 Å². The second-order valence-corrected chi connectivity index (χ2v) is 6.92. The molecule has 1 amide bonds. The number of nitrogens with one attached hydrogen (secondary N) is 1. The summed E-state index contributed by atoms with van der Waals surface area (Å²) in [6.45, 7) is 2.90. The van der Waals surface area contributed by atoms with Crippen molar-refractivity contribution in [2.24, 2.45) is 0 Å². The normalized spacial score (nSPS) is 13.5. The lowest BCUT2D eigenvalue weighted by molar-refractivity contribution is -0.143. The van der Waals surface area contributed by atoms with Gasteiger partial charge in [-0.1, -0.05) is 6.07 Å². The summed E-state index contributed by atoms with van der Waals surface area (Å²) in [5.41, 5.74) is -2.62. The van der Waals surface area contributed by atoms with Crippen LogP contribution in [0.15, 0.2) is 53.3 Å². The summed E-state index contributed by atoms with van der Waals surface area (Å²) in [5, 5.41) is 6.67. The first-order valence-corrected chi connectivity index (χ1v) is 9.23. The molecule has 170 valence electrons. The van der Waals surface area contributed by atoms with Crippen LogP contribution in [0, 0.1) is 6.92 Å². The Kier molecular flexibility index (Phi) is 6.20. The van der Waals surface area contributed by atoms with Gasteiger partial charge in [0.05, 0.1) is 34.8 Å². The van der Waals surface area contributed by atoms with Gasteiger partial charge in [-0.05, 0) is 49.8 Å². The summed E-state index contributed by atoms with van der Waals surface area (Å²) >= 11 is 0. The Morgan fingerprint density at radius 3 is 2.47 bits per heavy atom. The molecule has 5 nitrogen and oxygen atoms in total. The average Bonchev–Trinajstić information content (AvgIpc) is 3.34. The van der Waals surface area contributed by atoms with E-state index in [-0.39, 0.29) is 17.3 Å². The SMILES string of the molecule is Cc1nn(C(C)c2ccc(C(F)(F)F)cc2C(F)(F)F)cc1NC(=O)/C=C/c1ccco1. The molecule has 2 heterocycles. The second-order valence-electron chi connectivity index (χ2n) is 6.92. The lowest BCUT2D eigenvalue weighted by Gasteiger charge is -2.20. The van der Waals surface area contributed by atoms with Crippen LogP contribution >= 0.6 is 0 Å². The average molecular weight is 457 g/mol. The van der Waals surface area contributed by atoms with E-state index in [0.717, 1.165) is 10.7 Å². The van der Waals surface area contributed by atoms with Gasteiger partial charge in [0.1, 0.15) is 5.76 Å². The maximum Gasteiger partial charge on any atom is 0.416 e. The zero-order chi connectivity index (χ0) is 23.7. The van der Waals surface area contributed by atoms with E-state index in [4.69, 9.17) is 4.42 Å². The van der Waals surface area contributed by atoms with Crippen molar-refractivity contribution in [1.82, 2.24) is 9.78 Å². The fourth-order valence-electron chi connectivity index (χ4n) is 3.01. The Balaban J connectivity index is 1.87. The van der Waals surface area contributed by atoms with Crippen molar-refractivity contribution in [1.29, 1.82) is 0 Å². The minimum Gasteiger partial charge on any atom is -0.465 e. The van der Waals surface area contributed by atoms with Crippen LogP contribution in [0.4, 0.5) is 32.0 Å². The van der Waals surface area contributed by atoms with Crippen LogP contribution < -0.4 is 5.32 Å². The number of furan rings is 1. The minimum absolute atomic E-state index is 0.0876. The van der Waals surface area contributed by atoms with Gasteiger partial charge in [0.2, 0.25) is 5.91 Å². The van der Waals surface area contributed by atoms with Gasteiger partial charge in [0, 0.05) is 12.3 Å². The molecule has 0 fully saturated rings. The maximum atomic E-state index is 13.5. The molecule has 3 aromatic rings. The summed E-state index contributed by atoms with van der Waals surface area (Å²) in [7, 11) is 0. The quantitative estimate of drug-likeness (QED) is 0.373. The fourth-order valence-corrected chi connectivity index (χ4v) is 3.01. The number of nitrogens with zero attached hydrogens (tertiary/aromatic N) is 2. The molecule has 1 unspecified atom stereocenters. The van der Waals surface area contributed by atoms with E-state index in [9.17, 15) is 31.1 Å².